The molecule has 172 valence electrons. The van der Waals surface area contributed by atoms with E-state index in [2.05, 4.69) is 36.1 Å². The van der Waals surface area contributed by atoms with E-state index in [9.17, 15) is 19.5 Å². The highest BCUT2D eigenvalue weighted by Crippen LogP contribution is 2.12. The van der Waals surface area contributed by atoms with E-state index in [-0.39, 0.29) is 37.4 Å². The Morgan fingerprint density at radius 3 is 2.75 bits per heavy atom. The number of nitrogens with one attached hydrogen (secondary N) is 4. The average molecular weight is 447 g/mol. The Labute approximate surface area is 183 Å². The van der Waals surface area contributed by atoms with Crippen LogP contribution in [0.2, 0.25) is 0 Å². The third-order valence-electron chi connectivity index (χ3n) is 4.91. The molecule has 0 aromatic heterocycles. The van der Waals surface area contributed by atoms with Crippen molar-refractivity contribution in [3.63, 3.8) is 0 Å². The second-order valence-electron chi connectivity index (χ2n) is 7.28. The fourth-order valence-electron chi connectivity index (χ4n) is 3.26. The number of carbonyl (C=O) groups excluding carboxylic acids is 2. The zero-order valence-electron chi connectivity index (χ0n) is 17.1. The summed E-state index contributed by atoms with van der Waals surface area (Å²) in [6.45, 7) is 0.871. The van der Waals surface area contributed by atoms with E-state index in [1.165, 1.54) is 0 Å². The smallest absolute Gasteiger partial charge is 0.326 e. The van der Waals surface area contributed by atoms with Gasteiger partial charge in [0.15, 0.2) is 5.84 Å². The number of aliphatic imine (C=N–C) groups is 2. The molecule has 8 N–H and O–H groups in total. The Balaban J connectivity index is 1.51. The summed E-state index contributed by atoms with van der Waals surface area (Å²) in [5, 5.41) is 28.8. The first-order chi connectivity index (χ1) is 15.4. The maximum atomic E-state index is 12.3. The number of amidine groups is 1. The maximum Gasteiger partial charge on any atom is 0.326 e. The molecule has 0 spiro atoms. The van der Waals surface area contributed by atoms with Gasteiger partial charge in [-0.15, -0.1) is 0 Å². The zero-order chi connectivity index (χ0) is 23.1. The number of hydrogen-bond acceptors (Lipinski definition) is 10. The van der Waals surface area contributed by atoms with Crippen LogP contribution in [0.5, 0.6) is 0 Å². The van der Waals surface area contributed by atoms with Gasteiger partial charge in [0.2, 0.25) is 5.96 Å². The van der Waals surface area contributed by atoms with Gasteiger partial charge in [0.25, 0.3) is 11.8 Å². The van der Waals surface area contributed by atoms with Crippen LogP contribution in [0.3, 0.4) is 0 Å². The van der Waals surface area contributed by atoms with E-state index in [0.717, 1.165) is 5.69 Å². The molecule has 1 aromatic rings. The summed E-state index contributed by atoms with van der Waals surface area (Å²) in [5.41, 5.74) is 6.57. The van der Waals surface area contributed by atoms with Gasteiger partial charge in [-0.05, 0) is 37.1 Å². The number of nitrogens with zero attached hydrogens (tertiary/aromatic N) is 2. The van der Waals surface area contributed by atoms with Gasteiger partial charge in [0, 0.05) is 23.8 Å². The van der Waals surface area contributed by atoms with Crippen molar-refractivity contribution in [2.24, 2.45) is 15.7 Å². The predicted octanol–water partition coefficient (Wildman–Crippen LogP) is -1.27. The number of carbonyl (C=O) groups is 3. The molecule has 32 heavy (non-hydrogen) atoms. The van der Waals surface area contributed by atoms with Gasteiger partial charge in [-0.3, -0.25) is 30.5 Å². The Kier molecular flexibility index (Phi) is 7.70. The SMILES string of the molecule is NC1=NC2=NCC(CNc3ccc(C(=O)NC(CCCOO)C(=O)O)cc3)NC2C(=O)N1. The molecule has 0 saturated heterocycles. The molecule has 2 amide bonds. The van der Waals surface area contributed by atoms with Crippen molar-refractivity contribution in [3.05, 3.63) is 29.8 Å². The Morgan fingerprint density at radius 2 is 2.06 bits per heavy atom. The minimum atomic E-state index is -1.17. The van der Waals surface area contributed by atoms with Crippen molar-refractivity contribution in [3.8, 4) is 0 Å². The molecule has 2 aliphatic heterocycles. The molecule has 3 unspecified atom stereocenters. The van der Waals surface area contributed by atoms with E-state index >= 15 is 0 Å². The van der Waals surface area contributed by atoms with Crippen LogP contribution in [0.4, 0.5) is 5.69 Å². The molecule has 0 bridgehead atoms. The lowest BCUT2D eigenvalue weighted by Gasteiger charge is -2.30. The van der Waals surface area contributed by atoms with Crippen LogP contribution in [0, 0.1) is 0 Å². The van der Waals surface area contributed by atoms with Crippen LogP contribution < -0.4 is 27.0 Å². The van der Waals surface area contributed by atoms with Crippen molar-refractivity contribution in [1.29, 1.82) is 0 Å². The second kappa shape index (κ2) is 10.7. The molecule has 0 fully saturated rings. The van der Waals surface area contributed by atoms with Gasteiger partial charge in [0.1, 0.15) is 12.1 Å². The first-order valence-electron chi connectivity index (χ1n) is 9.96. The predicted molar refractivity (Wildman–Crippen MR) is 114 cm³/mol. The van der Waals surface area contributed by atoms with Crippen LogP contribution in [0.15, 0.2) is 34.3 Å². The van der Waals surface area contributed by atoms with Gasteiger partial charge >= 0.3 is 5.97 Å². The van der Waals surface area contributed by atoms with Crippen molar-refractivity contribution in [1.82, 2.24) is 16.0 Å². The van der Waals surface area contributed by atoms with E-state index in [1.807, 2.05) is 0 Å². The summed E-state index contributed by atoms with van der Waals surface area (Å²) in [4.78, 5) is 47.9. The standard InChI is InChI=1S/C19H25N7O6/c20-19-25-15-14(17(28)26-19)23-12(9-22-15)8-21-11-5-3-10(4-6-11)16(27)24-13(18(29)30)2-1-7-32-31/h3-6,12-14,21,23,31H,1-2,7-9H2,(H,24,27)(H,29,30)(H3,20,22,25,26,28). The number of rotatable bonds is 10. The van der Waals surface area contributed by atoms with Gasteiger partial charge in [0.05, 0.1) is 13.2 Å². The number of carboxylic acids is 1. The van der Waals surface area contributed by atoms with Gasteiger partial charge in [-0.2, -0.15) is 4.99 Å². The summed E-state index contributed by atoms with van der Waals surface area (Å²) >= 11 is 0. The Hall–Kier alpha value is -3.55. The van der Waals surface area contributed by atoms with Gasteiger partial charge in [-0.25, -0.2) is 9.68 Å². The molecule has 0 radical (unpaired) electrons. The summed E-state index contributed by atoms with van der Waals surface area (Å²) in [6, 6.07) is 4.68. The molecule has 3 atom stereocenters. The highest BCUT2D eigenvalue weighted by Gasteiger charge is 2.34. The molecular weight excluding hydrogens is 422 g/mol. The number of anilines is 1. The van der Waals surface area contributed by atoms with Crippen molar-refractivity contribution in [2.75, 3.05) is 25.0 Å². The third kappa shape index (κ3) is 6.00. The quantitative estimate of drug-likeness (QED) is 0.130. The first-order valence-corrected chi connectivity index (χ1v) is 9.96. The lowest BCUT2D eigenvalue weighted by atomic mass is 10.1. The molecule has 0 saturated carbocycles. The number of guanidine groups is 1. The number of hydrogen-bond donors (Lipinski definition) is 7. The lowest BCUT2D eigenvalue weighted by molar-refractivity contribution is -0.242. The summed E-state index contributed by atoms with van der Waals surface area (Å²) in [6.07, 6.45) is 0.399. The van der Waals surface area contributed by atoms with Crippen LogP contribution in [0.1, 0.15) is 23.2 Å². The third-order valence-corrected chi connectivity index (χ3v) is 4.91. The number of carboxylic acid groups (broad SMARTS) is 1. The van der Waals surface area contributed by atoms with E-state index in [4.69, 9.17) is 11.0 Å². The fourth-order valence-corrected chi connectivity index (χ4v) is 3.26. The summed E-state index contributed by atoms with van der Waals surface area (Å²) in [7, 11) is 0. The topological polar surface area (TPSA) is 200 Å². The molecule has 1 aromatic carbocycles. The van der Waals surface area contributed by atoms with Gasteiger partial charge < -0.3 is 21.5 Å². The van der Waals surface area contributed by atoms with Crippen LogP contribution in [-0.4, -0.2) is 77.8 Å². The highest BCUT2D eigenvalue weighted by molar-refractivity contribution is 6.19. The number of aliphatic carboxylic acids is 1. The van der Waals surface area contributed by atoms with Gasteiger partial charge in [-0.1, -0.05) is 0 Å². The molecular formula is C19H25N7O6. The number of nitrogens with two attached hydrogens (primary N) is 1. The maximum absolute atomic E-state index is 12.3. The van der Waals surface area contributed by atoms with Crippen molar-refractivity contribution < 1.29 is 29.6 Å². The number of benzene rings is 1. The Morgan fingerprint density at radius 1 is 1.31 bits per heavy atom. The summed E-state index contributed by atoms with van der Waals surface area (Å²) in [5.74, 6) is -1.60. The van der Waals surface area contributed by atoms with Crippen LogP contribution >= 0.6 is 0 Å². The number of fused-ring (bicyclic) bond motifs is 1. The minimum absolute atomic E-state index is 0.0187. The van der Waals surface area contributed by atoms with Crippen molar-refractivity contribution in [2.45, 2.75) is 31.0 Å². The van der Waals surface area contributed by atoms with Crippen LogP contribution in [-0.2, 0) is 14.5 Å². The lowest BCUT2D eigenvalue weighted by Crippen LogP contribution is -2.62. The Bertz CT molecular complexity index is 917. The first kappa shape index (κ1) is 23.1. The van der Waals surface area contributed by atoms with E-state index < -0.39 is 24.0 Å². The normalized spacial score (nSPS) is 20.8. The minimum Gasteiger partial charge on any atom is -0.480 e. The second-order valence-corrected chi connectivity index (χ2v) is 7.28. The van der Waals surface area contributed by atoms with Crippen molar-refractivity contribution >= 4 is 35.3 Å². The monoisotopic (exact) mass is 447 g/mol. The fraction of sp³-hybridized carbons (Fsp3) is 0.421. The molecule has 0 aliphatic carbocycles. The molecule has 2 aliphatic rings. The number of amides is 2. The van der Waals surface area contributed by atoms with E-state index in [1.54, 1.807) is 24.3 Å². The molecule has 13 heteroatoms. The highest BCUT2D eigenvalue weighted by atomic mass is 17.1. The van der Waals surface area contributed by atoms with E-state index in [0.29, 0.717) is 24.5 Å². The molecule has 13 nitrogen and oxygen atoms in total. The average Bonchev–Trinajstić information content (AvgIpc) is 2.77. The largest absolute Gasteiger partial charge is 0.480 e. The van der Waals surface area contributed by atoms with Crippen LogP contribution in [0.25, 0.3) is 0 Å². The molecule has 3 rings (SSSR count). The summed E-state index contributed by atoms with van der Waals surface area (Å²) < 4.78 is 0. The molecule has 2 heterocycles. The zero-order valence-corrected chi connectivity index (χ0v) is 17.1.